The van der Waals surface area contributed by atoms with Crippen molar-refractivity contribution < 1.29 is 0 Å². The van der Waals surface area contributed by atoms with E-state index in [1.54, 1.807) is 12.2 Å². The van der Waals surface area contributed by atoms with Crippen molar-refractivity contribution in [3.63, 3.8) is 0 Å². The summed E-state index contributed by atoms with van der Waals surface area (Å²) in [7, 11) is 0. The molecule has 1 aromatic heterocycles. The SMILES string of the molecule is C=Cc1cccc(C(N)C=C)n1. The third-order valence-electron chi connectivity index (χ3n) is 1.60. The van der Waals surface area contributed by atoms with E-state index in [-0.39, 0.29) is 6.04 Å². The summed E-state index contributed by atoms with van der Waals surface area (Å²) >= 11 is 0. The van der Waals surface area contributed by atoms with Crippen molar-refractivity contribution in [1.29, 1.82) is 0 Å². The average Bonchev–Trinajstić information content (AvgIpc) is 2.17. The Balaban J connectivity index is 3.00. The number of nitrogens with zero attached hydrogens (tertiary/aromatic N) is 1. The van der Waals surface area contributed by atoms with Crippen molar-refractivity contribution in [2.45, 2.75) is 6.04 Å². The molecule has 2 nitrogen and oxygen atoms in total. The smallest absolute Gasteiger partial charge is 0.0653 e. The second-order valence-electron chi connectivity index (χ2n) is 2.45. The van der Waals surface area contributed by atoms with E-state index in [1.807, 2.05) is 18.2 Å². The first-order valence-corrected chi connectivity index (χ1v) is 3.75. The fourth-order valence-corrected chi connectivity index (χ4v) is 0.889. The standard InChI is InChI=1S/C10H12N2/c1-3-8-6-5-7-10(12-8)9(11)4-2/h3-7,9H,1-2,11H2. The van der Waals surface area contributed by atoms with Crippen LogP contribution in [0.15, 0.2) is 37.4 Å². The number of nitrogens with two attached hydrogens (primary N) is 1. The molecule has 2 heteroatoms. The molecule has 0 fully saturated rings. The Morgan fingerprint density at radius 1 is 1.42 bits per heavy atom. The molecule has 0 aliphatic rings. The molecule has 0 aliphatic heterocycles. The lowest BCUT2D eigenvalue weighted by molar-refractivity contribution is 0.862. The highest BCUT2D eigenvalue weighted by Crippen LogP contribution is 2.08. The summed E-state index contributed by atoms with van der Waals surface area (Å²) in [6.45, 7) is 7.23. The van der Waals surface area contributed by atoms with Crippen LogP contribution < -0.4 is 5.73 Å². The second-order valence-corrected chi connectivity index (χ2v) is 2.45. The van der Waals surface area contributed by atoms with E-state index < -0.39 is 0 Å². The quantitative estimate of drug-likeness (QED) is 0.686. The van der Waals surface area contributed by atoms with E-state index >= 15 is 0 Å². The van der Waals surface area contributed by atoms with Crippen LogP contribution in [-0.2, 0) is 0 Å². The Morgan fingerprint density at radius 2 is 2.17 bits per heavy atom. The van der Waals surface area contributed by atoms with Gasteiger partial charge in [-0.15, -0.1) is 6.58 Å². The second kappa shape index (κ2) is 3.83. The molecule has 0 aromatic carbocycles. The summed E-state index contributed by atoms with van der Waals surface area (Å²) in [5.41, 5.74) is 7.36. The Labute approximate surface area is 72.4 Å². The third kappa shape index (κ3) is 1.80. The van der Waals surface area contributed by atoms with Gasteiger partial charge in [-0.2, -0.15) is 0 Å². The van der Waals surface area contributed by atoms with Gasteiger partial charge in [0.15, 0.2) is 0 Å². The zero-order valence-corrected chi connectivity index (χ0v) is 6.90. The van der Waals surface area contributed by atoms with E-state index in [4.69, 9.17) is 5.73 Å². The molecule has 1 aromatic rings. The minimum absolute atomic E-state index is 0.190. The minimum Gasteiger partial charge on any atom is -0.319 e. The van der Waals surface area contributed by atoms with Crippen LogP contribution in [0, 0.1) is 0 Å². The van der Waals surface area contributed by atoms with Crippen LogP contribution in [0.5, 0.6) is 0 Å². The van der Waals surface area contributed by atoms with Crippen molar-refractivity contribution in [3.05, 3.63) is 48.8 Å². The van der Waals surface area contributed by atoms with Crippen molar-refractivity contribution >= 4 is 6.08 Å². The van der Waals surface area contributed by atoms with Crippen molar-refractivity contribution in [2.24, 2.45) is 5.73 Å². The molecule has 12 heavy (non-hydrogen) atoms. The lowest BCUT2D eigenvalue weighted by atomic mass is 10.2. The van der Waals surface area contributed by atoms with E-state index in [9.17, 15) is 0 Å². The highest BCUT2D eigenvalue weighted by molar-refractivity contribution is 5.41. The van der Waals surface area contributed by atoms with Crippen LogP contribution in [0.3, 0.4) is 0 Å². The highest BCUT2D eigenvalue weighted by Gasteiger charge is 2.01. The average molecular weight is 160 g/mol. The Hall–Kier alpha value is -1.41. The van der Waals surface area contributed by atoms with E-state index in [2.05, 4.69) is 18.1 Å². The molecule has 0 saturated heterocycles. The normalized spacial score (nSPS) is 12.1. The van der Waals surface area contributed by atoms with Crippen molar-refractivity contribution in [1.82, 2.24) is 4.98 Å². The fourth-order valence-electron chi connectivity index (χ4n) is 0.889. The first-order chi connectivity index (χ1) is 5.77. The molecule has 62 valence electrons. The van der Waals surface area contributed by atoms with Crippen LogP contribution >= 0.6 is 0 Å². The maximum absolute atomic E-state index is 5.70. The predicted molar refractivity (Wildman–Crippen MR) is 51.5 cm³/mol. The van der Waals surface area contributed by atoms with Crippen LogP contribution in [0.1, 0.15) is 17.4 Å². The molecule has 0 spiro atoms. The van der Waals surface area contributed by atoms with Gasteiger partial charge in [-0.3, -0.25) is 4.98 Å². The maximum Gasteiger partial charge on any atom is 0.0653 e. The summed E-state index contributed by atoms with van der Waals surface area (Å²) in [5, 5.41) is 0. The summed E-state index contributed by atoms with van der Waals surface area (Å²) in [5.74, 6) is 0. The van der Waals surface area contributed by atoms with E-state index in [1.165, 1.54) is 0 Å². The summed E-state index contributed by atoms with van der Waals surface area (Å²) < 4.78 is 0. The van der Waals surface area contributed by atoms with Crippen molar-refractivity contribution in [2.75, 3.05) is 0 Å². The van der Waals surface area contributed by atoms with Gasteiger partial charge in [-0.05, 0) is 18.2 Å². The first-order valence-electron chi connectivity index (χ1n) is 3.75. The van der Waals surface area contributed by atoms with Gasteiger partial charge in [-0.25, -0.2) is 0 Å². The largest absolute Gasteiger partial charge is 0.319 e. The number of hydrogen-bond donors (Lipinski definition) is 1. The van der Waals surface area contributed by atoms with Crippen LogP contribution in [0.25, 0.3) is 6.08 Å². The molecule has 0 bridgehead atoms. The van der Waals surface area contributed by atoms with Crippen LogP contribution in [-0.4, -0.2) is 4.98 Å². The fraction of sp³-hybridized carbons (Fsp3) is 0.100. The summed E-state index contributed by atoms with van der Waals surface area (Å²) in [4.78, 5) is 4.25. The lowest BCUT2D eigenvalue weighted by Gasteiger charge is -2.05. The Bertz CT molecular complexity index is 292. The highest BCUT2D eigenvalue weighted by atomic mass is 14.8. The van der Waals surface area contributed by atoms with Crippen molar-refractivity contribution in [3.8, 4) is 0 Å². The molecular formula is C10H12N2. The number of aromatic nitrogens is 1. The molecule has 0 aliphatic carbocycles. The van der Waals surface area contributed by atoms with Gasteiger partial charge in [0, 0.05) is 0 Å². The number of pyridine rings is 1. The minimum atomic E-state index is -0.190. The molecule has 1 unspecified atom stereocenters. The molecule has 1 atom stereocenters. The van der Waals surface area contributed by atoms with Gasteiger partial charge in [-0.1, -0.05) is 18.7 Å². The Morgan fingerprint density at radius 3 is 2.75 bits per heavy atom. The molecule has 1 heterocycles. The molecule has 2 N–H and O–H groups in total. The van der Waals surface area contributed by atoms with Gasteiger partial charge in [0.2, 0.25) is 0 Å². The predicted octanol–water partition coefficient (Wildman–Crippen LogP) is 1.91. The lowest BCUT2D eigenvalue weighted by Crippen LogP contribution is -2.08. The van der Waals surface area contributed by atoms with Gasteiger partial charge >= 0.3 is 0 Å². The molecule has 0 radical (unpaired) electrons. The summed E-state index contributed by atoms with van der Waals surface area (Å²) in [6.07, 6.45) is 3.36. The molecular weight excluding hydrogens is 148 g/mol. The monoisotopic (exact) mass is 160 g/mol. The van der Waals surface area contributed by atoms with E-state index in [0.717, 1.165) is 11.4 Å². The van der Waals surface area contributed by atoms with E-state index in [0.29, 0.717) is 0 Å². The topological polar surface area (TPSA) is 38.9 Å². The van der Waals surface area contributed by atoms with Gasteiger partial charge < -0.3 is 5.73 Å². The van der Waals surface area contributed by atoms with Crippen LogP contribution in [0.4, 0.5) is 0 Å². The number of rotatable bonds is 3. The maximum atomic E-state index is 5.70. The Kier molecular flexibility index (Phi) is 2.77. The first kappa shape index (κ1) is 8.68. The molecule has 0 saturated carbocycles. The third-order valence-corrected chi connectivity index (χ3v) is 1.60. The zero-order valence-electron chi connectivity index (χ0n) is 6.90. The van der Waals surface area contributed by atoms with Crippen LogP contribution in [0.2, 0.25) is 0 Å². The van der Waals surface area contributed by atoms with Gasteiger partial charge in [0.1, 0.15) is 0 Å². The zero-order chi connectivity index (χ0) is 8.97. The van der Waals surface area contributed by atoms with Gasteiger partial charge in [0.05, 0.1) is 17.4 Å². The number of hydrogen-bond acceptors (Lipinski definition) is 2. The molecule has 0 amide bonds. The summed E-state index contributed by atoms with van der Waals surface area (Å²) in [6, 6.07) is 5.47. The molecule has 1 rings (SSSR count). The van der Waals surface area contributed by atoms with Gasteiger partial charge in [0.25, 0.3) is 0 Å².